The summed E-state index contributed by atoms with van der Waals surface area (Å²) < 4.78 is 46.6. The predicted octanol–water partition coefficient (Wildman–Crippen LogP) is 7.88. The third-order valence-corrected chi connectivity index (χ3v) is 6.47. The van der Waals surface area contributed by atoms with Crippen molar-refractivity contribution in [1.29, 1.82) is 0 Å². The number of aryl methyl sites for hydroxylation is 3. The summed E-state index contributed by atoms with van der Waals surface area (Å²) in [5.74, 6) is 0.656. The molecule has 0 amide bonds. The highest BCUT2D eigenvalue weighted by Gasteiger charge is 2.36. The number of rotatable bonds is 5. The number of benzene rings is 2. The molecule has 0 aliphatic rings. The van der Waals surface area contributed by atoms with Crippen molar-refractivity contribution in [3.63, 3.8) is 0 Å². The van der Waals surface area contributed by atoms with Crippen LogP contribution in [0.3, 0.4) is 0 Å². The number of hydrogen-bond donors (Lipinski definition) is 1. The Balaban J connectivity index is 1.79. The number of aromatic amines is 1. The first kappa shape index (κ1) is 21.3. The molecule has 0 saturated heterocycles. The number of nitrogens with one attached hydrogen (secondary N) is 1. The van der Waals surface area contributed by atoms with E-state index in [0.29, 0.717) is 44.2 Å². The molecule has 2 nitrogen and oxygen atoms in total. The number of alkyl halides is 3. The van der Waals surface area contributed by atoms with Crippen LogP contribution in [0.15, 0.2) is 28.7 Å². The monoisotopic (exact) mass is 493 g/mol. The molecule has 0 radical (unpaired) electrons. The van der Waals surface area contributed by atoms with Gasteiger partial charge in [0.15, 0.2) is 0 Å². The van der Waals surface area contributed by atoms with Crippen LogP contribution in [-0.4, -0.2) is 11.6 Å². The van der Waals surface area contributed by atoms with Gasteiger partial charge in [-0.15, -0.1) is 0 Å². The smallest absolute Gasteiger partial charge is 0.431 e. The molecule has 0 spiro atoms. The van der Waals surface area contributed by atoms with E-state index in [0.717, 1.165) is 11.1 Å². The molecule has 0 unspecified atom stereocenters. The average Bonchev–Trinajstić information content (AvgIpc) is 2.99. The van der Waals surface area contributed by atoms with Crippen LogP contribution in [0.2, 0.25) is 10.0 Å². The van der Waals surface area contributed by atoms with Gasteiger partial charge >= 0.3 is 6.18 Å². The molecule has 1 aromatic heterocycles. The minimum atomic E-state index is -4.48. The van der Waals surface area contributed by atoms with Crippen LogP contribution in [0.1, 0.15) is 28.8 Å². The van der Waals surface area contributed by atoms with Crippen LogP contribution in [0, 0.1) is 13.8 Å². The van der Waals surface area contributed by atoms with Crippen molar-refractivity contribution in [3.05, 3.63) is 61.2 Å². The van der Waals surface area contributed by atoms with Crippen molar-refractivity contribution in [2.45, 2.75) is 32.9 Å². The van der Waals surface area contributed by atoms with Gasteiger partial charge in [-0.25, -0.2) is 0 Å². The third kappa shape index (κ3) is 4.29. The minimum absolute atomic E-state index is 0.215. The first-order valence-electron chi connectivity index (χ1n) is 8.55. The average molecular weight is 495 g/mol. The minimum Gasteiger partial charge on any atom is -0.494 e. The van der Waals surface area contributed by atoms with Gasteiger partial charge in [0.25, 0.3) is 0 Å². The maximum absolute atomic E-state index is 13.5. The zero-order valence-corrected chi connectivity index (χ0v) is 18.2. The molecule has 150 valence electrons. The van der Waals surface area contributed by atoms with E-state index in [-0.39, 0.29) is 12.0 Å². The molecule has 0 bridgehead atoms. The largest absolute Gasteiger partial charge is 0.494 e. The molecule has 8 heteroatoms. The SMILES string of the molecule is Cc1cc(OCCCc2c(C(F)(F)F)[nH]c3c(Br)c(Cl)ccc23)cc(C)c1Cl. The van der Waals surface area contributed by atoms with Gasteiger partial charge in [-0.3, -0.25) is 0 Å². The summed E-state index contributed by atoms with van der Waals surface area (Å²) >= 11 is 15.4. The lowest BCUT2D eigenvalue weighted by molar-refractivity contribution is -0.141. The summed E-state index contributed by atoms with van der Waals surface area (Å²) in [6, 6.07) is 6.83. The highest BCUT2D eigenvalue weighted by atomic mass is 79.9. The van der Waals surface area contributed by atoms with Crippen LogP contribution in [-0.2, 0) is 12.6 Å². The van der Waals surface area contributed by atoms with Crippen LogP contribution < -0.4 is 4.74 Å². The fourth-order valence-electron chi connectivity index (χ4n) is 3.19. The first-order valence-corrected chi connectivity index (χ1v) is 10.1. The fraction of sp³-hybridized carbons (Fsp3) is 0.300. The summed E-state index contributed by atoms with van der Waals surface area (Å²) in [4.78, 5) is 2.48. The van der Waals surface area contributed by atoms with Crippen molar-refractivity contribution >= 4 is 50.0 Å². The molecule has 1 heterocycles. The molecule has 28 heavy (non-hydrogen) atoms. The van der Waals surface area contributed by atoms with Gasteiger partial charge in [-0.1, -0.05) is 29.3 Å². The number of halogens is 6. The van der Waals surface area contributed by atoms with Gasteiger partial charge in [0.2, 0.25) is 0 Å². The Hall–Kier alpha value is -1.37. The highest BCUT2D eigenvalue weighted by Crippen LogP contribution is 2.40. The Kier molecular flexibility index (Phi) is 6.23. The van der Waals surface area contributed by atoms with Gasteiger partial charge in [0.1, 0.15) is 11.4 Å². The second-order valence-electron chi connectivity index (χ2n) is 6.58. The van der Waals surface area contributed by atoms with Gasteiger partial charge in [-0.2, -0.15) is 13.2 Å². The summed E-state index contributed by atoms with van der Waals surface area (Å²) in [7, 11) is 0. The number of hydrogen-bond acceptors (Lipinski definition) is 1. The Morgan fingerprint density at radius 1 is 1.11 bits per heavy atom. The van der Waals surface area contributed by atoms with Crippen LogP contribution in [0.25, 0.3) is 10.9 Å². The maximum Gasteiger partial charge on any atom is 0.431 e. The molecule has 3 aromatic rings. The molecular formula is C20H17BrCl2F3NO. The summed E-state index contributed by atoms with van der Waals surface area (Å²) in [6.07, 6.45) is -3.84. The van der Waals surface area contributed by atoms with Gasteiger partial charge < -0.3 is 9.72 Å². The Morgan fingerprint density at radius 3 is 2.36 bits per heavy atom. The first-order chi connectivity index (χ1) is 13.1. The molecule has 0 fully saturated rings. The molecule has 2 aromatic carbocycles. The molecule has 0 saturated carbocycles. The van der Waals surface area contributed by atoms with E-state index in [1.165, 1.54) is 0 Å². The van der Waals surface area contributed by atoms with Crippen molar-refractivity contribution in [3.8, 4) is 5.75 Å². The van der Waals surface area contributed by atoms with E-state index >= 15 is 0 Å². The molecule has 3 rings (SSSR count). The number of fused-ring (bicyclic) bond motifs is 1. The van der Waals surface area contributed by atoms with Gasteiger partial charge in [0, 0.05) is 10.4 Å². The van der Waals surface area contributed by atoms with Gasteiger partial charge in [0.05, 0.1) is 21.6 Å². The van der Waals surface area contributed by atoms with E-state index in [4.69, 9.17) is 27.9 Å². The third-order valence-electron chi connectivity index (χ3n) is 4.51. The Bertz CT molecular complexity index is 1010. The van der Waals surface area contributed by atoms with E-state index < -0.39 is 11.9 Å². The zero-order valence-electron chi connectivity index (χ0n) is 15.1. The fourth-order valence-corrected chi connectivity index (χ4v) is 3.90. The summed E-state index contributed by atoms with van der Waals surface area (Å²) in [5, 5.41) is 1.54. The molecule has 1 N–H and O–H groups in total. The van der Waals surface area contributed by atoms with E-state index in [2.05, 4.69) is 20.9 Å². The standard InChI is InChI=1S/C20H17BrCl2F3NO/c1-10-8-12(9-11(2)17(10)23)28-7-3-4-14-13-5-6-15(22)16(21)18(13)27-19(14)20(24,25)26/h5-6,8-9,27H,3-4,7H2,1-2H3. The normalized spacial score (nSPS) is 12.0. The highest BCUT2D eigenvalue weighted by molar-refractivity contribution is 9.10. The van der Waals surface area contributed by atoms with Crippen molar-refractivity contribution in [1.82, 2.24) is 4.98 Å². The summed E-state index contributed by atoms with van der Waals surface area (Å²) in [6.45, 7) is 4.05. The van der Waals surface area contributed by atoms with E-state index in [1.54, 1.807) is 12.1 Å². The lowest BCUT2D eigenvalue weighted by Gasteiger charge is -2.11. The van der Waals surface area contributed by atoms with Crippen LogP contribution >= 0.6 is 39.1 Å². The lowest BCUT2D eigenvalue weighted by Crippen LogP contribution is -2.10. The molecular weight excluding hydrogens is 478 g/mol. The van der Waals surface area contributed by atoms with Crippen LogP contribution in [0.5, 0.6) is 5.75 Å². The predicted molar refractivity (Wildman–Crippen MR) is 111 cm³/mol. The lowest BCUT2D eigenvalue weighted by atomic mass is 10.1. The van der Waals surface area contributed by atoms with E-state index in [1.807, 2.05) is 26.0 Å². The zero-order chi connectivity index (χ0) is 20.6. The number of H-pyrrole nitrogens is 1. The number of ether oxygens (including phenoxy) is 1. The molecule has 0 atom stereocenters. The second-order valence-corrected chi connectivity index (χ2v) is 8.16. The van der Waals surface area contributed by atoms with Gasteiger partial charge in [-0.05, 0) is 77.5 Å². The van der Waals surface area contributed by atoms with Crippen molar-refractivity contribution < 1.29 is 17.9 Å². The molecule has 0 aliphatic heterocycles. The maximum atomic E-state index is 13.5. The topological polar surface area (TPSA) is 25.0 Å². The summed E-state index contributed by atoms with van der Waals surface area (Å²) in [5.41, 5.74) is 1.61. The molecule has 0 aliphatic carbocycles. The van der Waals surface area contributed by atoms with E-state index in [9.17, 15) is 13.2 Å². The number of aromatic nitrogens is 1. The van der Waals surface area contributed by atoms with Crippen molar-refractivity contribution in [2.24, 2.45) is 0 Å². The van der Waals surface area contributed by atoms with Crippen molar-refractivity contribution in [2.75, 3.05) is 6.61 Å². The van der Waals surface area contributed by atoms with Crippen LogP contribution in [0.4, 0.5) is 13.2 Å². The second kappa shape index (κ2) is 8.17. The Labute approximate surface area is 179 Å². The Morgan fingerprint density at radius 2 is 1.75 bits per heavy atom. The quantitative estimate of drug-likeness (QED) is 0.358.